The van der Waals surface area contributed by atoms with Gasteiger partial charge in [-0.15, -0.1) is 12.4 Å². The van der Waals surface area contributed by atoms with Crippen LogP contribution in [0.15, 0.2) is 28.7 Å². The van der Waals surface area contributed by atoms with Crippen molar-refractivity contribution in [1.82, 2.24) is 10.2 Å². The third-order valence-electron chi connectivity index (χ3n) is 5.04. The van der Waals surface area contributed by atoms with Crippen molar-refractivity contribution in [3.63, 3.8) is 0 Å². The van der Waals surface area contributed by atoms with E-state index in [9.17, 15) is 4.79 Å². The average molecular weight is 388 g/mol. The molecule has 1 saturated carbocycles. The molecule has 1 aromatic rings. The maximum Gasteiger partial charge on any atom is 0.226 e. The zero-order valence-corrected chi connectivity index (χ0v) is 15.4. The van der Waals surface area contributed by atoms with E-state index in [4.69, 9.17) is 0 Å². The molecule has 3 nitrogen and oxygen atoms in total. The van der Waals surface area contributed by atoms with E-state index in [2.05, 4.69) is 40.3 Å². The van der Waals surface area contributed by atoms with Crippen LogP contribution in [0.1, 0.15) is 31.7 Å². The quantitative estimate of drug-likeness (QED) is 0.856. The molecule has 5 heteroatoms. The topological polar surface area (TPSA) is 32.3 Å². The van der Waals surface area contributed by atoms with Gasteiger partial charge in [0.25, 0.3) is 0 Å². The highest BCUT2D eigenvalue weighted by molar-refractivity contribution is 9.10. The number of amides is 1. The summed E-state index contributed by atoms with van der Waals surface area (Å²) in [6.07, 6.45) is 3.43. The number of hydrogen-bond donors (Lipinski definition) is 1. The Labute approximate surface area is 147 Å². The Morgan fingerprint density at radius 1 is 1.41 bits per heavy atom. The van der Waals surface area contributed by atoms with Crippen molar-refractivity contribution in [1.29, 1.82) is 0 Å². The summed E-state index contributed by atoms with van der Waals surface area (Å²) in [6.45, 7) is 5.73. The highest BCUT2D eigenvalue weighted by atomic mass is 79.9. The van der Waals surface area contributed by atoms with Gasteiger partial charge in [-0.3, -0.25) is 4.79 Å². The van der Waals surface area contributed by atoms with E-state index in [1.54, 1.807) is 0 Å². The van der Waals surface area contributed by atoms with Gasteiger partial charge >= 0.3 is 0 Å². The SMILES string of the molecule is CCN(Cc1cccc(Br)c1)C(=O)C1CC12CCNCC2.Cl. The van der Waals surface area contributed by atoms with Gasteiger partial charge in [0, 0.05) is 23.5 Å². The van der Waals surface area contributed by atoms with Crippen LogP contribution in [0.3, 0.4) is 0 Å². The lowest BCUT2D eigenvalue weighted by molar-refractivity contribution is -0.134. The molecular weight excluding hydrogens is 364 g/mol. The first kappa shape index (κ1) is 17.8. The number of nitrogens with zero attached hydrogens (tertiary/aromatic N) is 1. The van der Waals surface area contributed by atoms with Gasteiger partial charge in [-0.1, -0.05) is 28.1 Å². The predicted octanol–water partition coefficient (Wildman–Crippen LogP) is 3.61. The van der Waals surface area contributed by atoms with Gasteiger partial charge in [-0.2, -0.15) is 0 Å². The van der Waals surface area contributed by atoms with Gasteiger partial charge in [-0.25, -0.2) is 0 Å². The van der Waals surface area contributed by atoms with Crippen molar-refractivity contribution in [2.45, 2.75) is 32.7 Å². The van der Waals surface area contributed by atoms with Gasteiger partial charge in [0.1, 0.15) is 0 Å². The summed E-state index contributed by atoms with van der Waals surface area (Å²) in [5.74, 6) is 0.631. The lowest BCUT2D eigenvalue weighted by atomic mass is 9.91. The minimum absolute atomic E-state index is 0. The summed E-state index contributed by atoms with van der Waals surface area (Å²) in [5.41, 5.74) is 1.52. The van der Waals surface area contributed by atoms with Gasteiger partial charge < -0.3 is 10.2 Å². The van der Waals surface area contributed by atoms with E-state index >= 15 is 0 Å². The average Bonchev–Trinajstić information content (AvgIpc) is 3.18. The van der Waals surface area contributed by atoms with Crippen molar-refractivity contribution < 1.29 is 4.79 Å². The highest BCUT2D eigenvalue weighted by Crippen LogP contribution is 2.59. The molecule has 1 heterocycles. The first-order valence-electron chi connectivity index (χ1n) is 7.88. The molecule has 1 spiro atoms. The molecule has 2 aliphatic rings. The fraction of sp³-hybridized carbons (Fsp3) is 0.588. The van der Waals surface area contributed by atoms with Crippen LogP contribution in [0.5, 0.6) is 0 Å². The Morgan fingerprint density at radius 2 is 2.14 bits per heavy atom. The largest absolute Gasteiger partial charge is 0.338 e. The molecule has 3 rings (SSSR count). The van der Waals surface area contributed by atoms with Crippen molar-refractivity contribution in [2.75, 3.05) is 19.6 Å². The van der Waals surface area contributed by atoms with Crippen LogP contribution >= 0.6 is 28.3 Å². The van der Waals surface area contributed by atoms with Crippen molar-refractivity contribution >= 4 is 34.2 Å². The molecule has 1 aliphatic heterocycles. The Balaban J connectivity index is 0.00000176. The van der Waals surface area contributed by atoms with Gasteiger partial charge in [0.15, 0.2) is 0 Å². The van der Waals surface area contributed by atoms with E-state index < -0.39 is 0 Å². The monoisotopic (exact) mass is 386 g/mol. The van der Waals surface area contributed by atoms with Crippen molar-refractivity contribution in [3.8, 4) is 0 Å². The molecule has 1 aliphatic carbocycles. The Hall–Kier alpha value is -0.580. The van der Waals surface area contributed by atoms with Crippen LogP contribution in [-0.2, 0) is 11.3 Å². The first-order chi connectivity index (χ1) is 10.1. The lowest BCUT2D eigenvalue weighted by Crippen LogP contribution is -2.36. The highest BCUT2D eigenvalue weighted by Gasteiger charge is 2.58. The number of piperidine rings is 1. The van der Waals surface area contributed by atoms with Gasteiger partial charge in [0.05, 0.1) is 0 Å². The number of carbonyl (C=O) groups excluding carboxylic acids is 1. The number of hydrogen-bond acceptors (Lipinski definition) is 2. The maximum atomic E-state index is 12.8. The molecule has 1 saturated heterocycles. The first-order valence-corrected chi connectivity index (χ1v) is 8.68. The van der Waals surface area contributed by atoms with E-state index in [-0.39, 0.29) is 18.3 Å². The van der Waals surface area contributed by atoms with E-state index in [1.807, 2.05) is 17.0 Å². The summed E-state index contributed by atoms with van der Waals surface area (Å²) >= 11 is 3.50. The normalized spacial score (nSPS) is 22.0. The van der Waals surface area contributed by atoms with E-state index in [1.165, 1.54) is 5.56 Å². The zero-order valence-electron chi connectivity index (χ0n) is 13.0. The second-order valence-corrected chi connectivity index (χ2v) is 7.27. The molecule has 0 radical (unpaired) electrons. The molecule has 1 amide bonds. The maximum absolute atomic E-state index is 12.8. The summed E-state index contributed by atoms with van der Waals surface area (Å²) in [5, 5.41) is 3.40. The second-order valence-electron chi connectivity index (χ2n) is 6.35. The number of nitrogens with one attached hydrogen (secondary N) is 1. The standard InChI is InChI=1S/C17H23BrN2O.ClH/c1-2-20(12-13-4-3-5-14(18)10-13)16(21)15-11-17(15)6-8-19-9-7-17;/h3-5,10,15,19H,2,6-9,11-12H2,1H3;1H. The molecule has 1 atom stereocenters. The third-order valence-corrected chi connectivity index (χ3v) is 5.54. The second kappa shape index (κ2) is 7.33. The van der Waals surface area contributed by atoms with Crippen molar-refractivity contribution in [2.24, 2.45) is 11.3 Å². The predicted molar refractivity (Wildman–Crippen MR) is 95.1 cm³/mol. The Kier molecular flexibility index (Phi) is 5.92. The van der Waals surface area contributed by atoms with Crippen LogP contribution in [0, 0.1) is 11.3 Å². The molecule has 22 heavy (non-hydrogen) atoms. The number of carbonyl (C=O) groups is 1. The smallest absolute Gasteiger partial charge is 0.226 e. The number of benzene rings is 1. The molecule has 0 aromatic heterocycles. The molecule has 1 aromatic carbocycles. The third kappa shape index (κ3) is 3.66. The minimum atomic E-state index is 0. The molecule has 1 N–H and O–H groups in total. The summed E-state index contributed by atoms with van der Waals surface area (Å²) in [6, 6.07) is 8.24. The number of rotatable bonds is 4. The summed E-state index contributed by atoms with van der Waals surface area (Å²) < 4.78 is 1.07. The van der Waals surface area contributed by atoms with E-state index in [0.717, 1.165) is 49.9 Å². The number of halogens is 2. The van der Waals surface area contributed by atoms with Gasteiger partial charge in [0.2, 0.25) is 5.91 Å². The van der Waals surface area contributed by atoms with Gasteiger partial charge in [-0.05, 0) is 62.4 Å². The van der Waals surface area contributed by atoms with Crippen LogP contribution in [0.4, 0.5) is 0 Å². The fourth-order valence-corrected chi connectivity index (χ4v) is 4.04. The Morgan fingerprint density at radius 3 is 2.77 bits per heavy atom. The molecule has 2 fully saturated rings. The van der Waals surface area contributed by atoms with Crippen LogP contribution in [0.25, 0.3) is 0 Å². The zero-order chi connectivity index (χ0) is 14.9. The lowest BCUT2D eigenvalue weighted by Gasteiger charge is -2.26. The minimum Gasteiger partial charge on any atom is -0.338 e. The molecular formula is C17H24BrClN2O. The van der Waals surface area contributed by atoms with E-state index in [0.29, 0.717) is 11.3 Å². The van der Waals surface area contributed by atoms with Crippen molar-refractivity contribution in [3.05, 3.63) is 34.3 Å². The molecule has 122 valence electrons. The summed E-state index contributed by atoms with van der Waals surface area (Å²) in [4.78, 5) is 14.8. The summed E-state index contributed by atoms with van der Waals surface area (Å²) in [7, 11) is 0. The van der Waals surface area contributed by atoms with Crippen LogP contribution in [0.2, 0.25) is 0 Å². The van der Waals surface area contributed by atoms with Crippen LogP contribution < -0.4 is 5.32 Å². The fourth-order valence-electron chi connectivity index (χ4n) is 3.60. The molecule has 1 unspecified atom stereocenters. The van der Waals surface area contributed by atoms with Crippen LogP contribution in [-0.4, -0.2) is 30.4 Å². The Bertz CT molecular complexity index is 531. The molecule has 0 bridgehead atoms.